The number of amides is 1. The number of nitrogens with one attached hydrogen (secondary N) is 1. The standard InChI is InChI=1S/C14H13F3N4O3/c1-6-3-4-9-7(6)5-8(11(23)21(9)2)10(22)18-13-20-19-12(24-13)14(15,16)17/h5-6H,3-4H2,1-2H3,(H,18,20,22)/t6-/m0/s1. The van der Waals surface area contributed by atoms with Crippen LogP contribution in [0.15, 0.2) is 15.3 Å². The average Bonchev–Trinajstić information content (AvgIpc) is 3.10. The Morgan fingerprint density at radius 3 is 2.75 bits per heavy atom. The Hall–Kier alpha value is -2.65. The fourth-order valence-corrected chi connectivity index (χ4v) is 2.76. The lowest BCUT2D eigenvalue weighted by Gasteiger charge is -2.11. The monoisotopic (exact) mass is 342 g/mol. The Bertz CT molecular complexity index is 869. The second-order valence-corrected chi connectivity index (χ2v) is 5.63. The van der Waals surface area contributed by atoms with Gasteiger partial charge in [0.05, 0.1) is 0 Å². The number of fused-ring (bicyclic) bond motifs is 1. The molecule has 1 aliphatic rings. The summed E-state index contributed by atoms with van der Waals surface area (Å²) in [5.74, 6) is -2.28. The predicted molar refractivity (Wildman–Crippen MR) is 75.7 cm³/mol. The van der Waals surface area contributed by atoms with Crippen LogP contribution in [0.2, 0.25) is 0 Å². The molecule has 1 atom stereocenters. The van der Waals surface area contributed by atoms with Gasteiger partial charge in [-0.1, -0.05) is 12.0 Å². The molecule has 0 fully saturated rings. The van der Waals surface area contributed by atoms with Gasteiger partial charge in [0.15, 0.2) is 0 Å². The predicted octanol–water partition coefficient (Wildman–Crippen LogP) is 2.09. The van der Waals surface area contributed by atoms with Crippen molar-refractivity contribution in [2.75, 3.05) is 5.32 Å². The van der Waals surface area contributed by atoms with Gasteiger partial charge in [0.2, 0.25) is 0 Å². The van der Waals surface area contributed by atoms with E-state index in [4.69, 9.17) is 0 Å². The van der Waals surface area contributed by atoms with Crippen molar-refractivity contribution < 1.29 is 22.4 Å². The molecule has 0 aliphatic heterocycles. The highest BCUT2D eigenvalue weighted by Gasteiger charge is 2.38. The van der Waals surface area contributed by atoms with Crippen LogP contribution >= 0.6 is 0 Å². The van der Waals surface area contributed by atoms with E-state index in [1.165, 1.54) is 10.6 Å². The third-order valence-electron chi connectivity index (χ3n) is 4.05. The van der Waals surface area contributed by atoms with Crippen molar-refractivity contribution in [2.24, 2.45) is 7.05 Å². The molecule has 10 heteroatoms. The lowest BCUT2D eigenvalue weighted by molar-refractivity contribution is -0.156. The topological polar surface area (TPSA) is 90.0 Å². The molecule has 0 radical (unpaired) electrons. The molecule has 1 amide bonds. The summed E-state index contributed by atoms with van der Waals surface area (Å²) in [7, 11) is 1.56. The lowest BCUT2D eigenvalue weighted by Crippen LogP contribution is -2.30. The van der Waals surface area contributed by atoms with Crippen LogP contribution in [0.1, 0.15) is 46.8 Å². The van der Waals surface area contributed by atoms with Crippen molar-refractivity contribution in [1.29, 1.82) is 0 Å². The zero-order chi connectivity index (χ0) is 17.6. The average molecular weight is 342 g/mol. The van der Waals surface area contributed by atoms with Crippen LogP contribution < -0.4 is 10.9 Å². The van der Waals surface area contributed by atoms with E-state index in [2.05, 4.69) is 14.6 Å². The molecule has 128 valence electrons. The summed E-state index contributed by atoms with van der Waals surface area (Å²) in [5, 5.41) is 7.95. The number of rotatable bonds is 2. The summed E-state index contributed by atoms with van der Waals surface area (Å²) in [6.07, 6.45) is -3.20. The Morgan fingerprint density at radius 1 is 1.42 bits per heavy atom. The molecule has 7 nitrogen and oxygen atoms in total. The van der Waals surface area contributed by atoms with Gasteiger partial charge in [-0.15, -0.1) is 5.10 Å². The SMILES string of the molecule is C[C@H]1CCc2c1cc(C(=O)Nc1nnc(C(F)(F)F)o1)c(=O)n2C. The Labute approximate surface area is 133 Å². The van der Waals surface area contributed by atoms with E-state index in [9.17, 15) is 22.8 Å². The van der Waals surface area contributed by atoms with Crippen molar-refractivity contribution in [2.45, 2.75) is 31.9 Å². The minimum atomic E-state index is -4.81. The number of pyridine rings is 1. The number of nitrogens with zero attached hydrogens (tertiary/aromatic N) is 3. The lowest BCUT2D eigenvalue weighted by atomic mass is 10.0. The van der Waals surface area contributed by atoms with E-state index in [-0.39, 0.29) is 11.5 Å². The first-order valence-corrected chi connectivity index (χ1v) is 7.13. The largest absolute Gasteiger partial charge is 0.470 e. The fourth-order valence-electron chi connectivity index (χ4n) is 2.76. The number of alkyl halides is 3. The highest BCUT2D eigenvalue weighted by atomic mass is 19.4. The van der Waals surface area contributed by atoms with Crippen LogP contribution in [-0.4, -0.2) is 20.7 Å². The molecule has 2 heterocycles. The van der Waals surface area contributed by atoms with Crippen molar-refractivity contribution in [3.8, 4) is 0 Å². The second-order valence-electron chi connectivity index (χ2n) is 5.63. The number of carbonyl (C=O) groups excluding carboxylic acids is 1. The van der Waals surface area contributed by atoms with Gasteiger partial charge in [0.25, 0.3) is 11.5 Å². The Kier molecular flexibility index (Phi) is 3.69. The second kappa shape index (κ2) is 5.46. The molecule has 1 N–H and O–H groups in total. The highest BCUT2D eigenvalue weighted by molar-refractivity contribution is 6.03. The van der Waals surface area contributed by atoms with E-state index < -0.39 is 29.5 Å². The number of carbonyl (C=O) groups is 1. The van der Waals surface area contributed by atoms with Gasteiger partial charge in [0.1, 0.15) is 5.56 Å². The molecule has 2 aromatic rings. The molecule has 1 aliphatic carbocycles. The molecule has 0 bridgehead atoms. The summed E-state index contributed by atoms with van der Waals surface area (Å²) < 4.78 is 43.0. The number of anilines is 1. The third-order valence-corrected chi connectivity index (χ3v) is 4.05. The maximum atomic E-state index is 12.4. The maximum absolute atomic E-state index is 12.4. The number of hydrogen-bond acceptors (Lipinski definition) is 5. The van der Waals surface area contributed by atoms with E-state index >= 15 is 0 Å². The van der Waals surface area contributed by atoms with Crippen LogP contribution in [-0.2, 0) is 19.6 Å². The minimum absolute atomic E-state index is 0.184. The van der Waals surface area contributed by atoms with E-state index in [0.29, 0.717) is 0 Å². The van der Waals surface area contributed by atoms with Crippen LogP contribution in [0.4, 0.5) is 19.2 Å². The van der Waals surface area contributed by atoms with Crippen LogP contribution in [0, 0.1) is 0 Å². The highest BCUT2D eigenvalue weighted by Crippen LogP contribution is 2.32. The van der Waals surface area contributed by atoms with Crippen molar-refractivity contribution in [3.63, 3.8) is 0 Å². The summed E-state index contributed by atoms with van der Waals surface area (Å²) in [4.78, 5) is 24.5. The Balaban J connectivity index is 1.91. The van der Waals surface area contributed by atoms with Gasteiger partial charge >= 0.3 is 18.1 Å². The van der Waals surface area contributed by atoms with E-state index in [0.717, 1.165) is 24.1 Å². The first-order chi connectivity index (χ1) is 11.2. The van der Waals surface area contributed by atoms with Gasteiger partial charge in [-0.05, 0) is 30.4 Å². The van der Waals surface area contributed by atoms with E-state index in [1.54, 1.807) is 7.05 Å². The molecular weight excluding hydrogens is 329 g/mol. The zero-order valence-corrected chi connectivity index (χ0v) is 12.8. The molecule has 2 aromatic heterocycles. The van der Waals surface area contributed by atoms with Gasteiger partial charge in [-0.3, -0.25) is 14.9 Å². The first-order valence-electron chi connectivity index (χ1n) is 7.13. The van der Waals surface area contributed by atoms with Crippen molar-refractivity contribution in [1.82, 2.24) is 14.8 Å². The van der Waals surface area contributed by atoms with Gasteiger partial charge < -0.3 is 8.98 Å². The summed E-state index contributed by atoms with van der Waals surface area (Å²) >= 11 is 0. The van der Waals surface area contributed by atoms with Gasteiger partial charge in [-0.2, -0.15) is 13.2 Å². The molecular formula is C14H13F3N4O3. The molecule has 0 spiro atoms. The fraction of sp³-hybridized carbons (Fsp3) is 0.429. The molecule has 3 rings (SSSR count). The molecule has 0 saturated carbocycles. The summed E-state index contributed by atoms with van der Waals surface area (Å²) in [6, 6.07) is 0.758. The van der Waals surface area contributed by atoms with Crippen LogP contribution in [0.5, 0.6) is 0 Å². The third kappa shape index (κ3) is 2.68. The number of halogens is 3. The van der Waals surface area contributed by atoms with Crippen LogP contribution in [0.3, 0.4) is 0 Å². The first kappa shape index (κ1) is 16.2. The number of hydrogen-bond donors (Lipinski definition) is 1. The van der Waals surface area contributed by atoms with Crippen molar-refractivity contribution in [3.05, 3.63) is 39.1 Å². The molecule has 24 heavy (non-hydrogen) atoms. The zero-order valence-electron chi connectivity index (χ0n) is 12.8. The van der Waals surface area contributed by atoms with Gasteiger partial charge in [-0.25, -0.2) is 0 Å². The summed E-state index contributed by atoms with van der Waals surface area (Å²) in [6.45, 7) is 1.98. The smallest absolute Gasteiger partial charge is 0.399 e. The quantitative estimate of drug-likeness (QED) is 0.902. The minimum Gasteiger partial charge on any atom is -0.399 e. The van der Waals surface area contributed by atoms with Crippen molar-refractivity contribution >= 4 is 11.9 Å². The summed E-state index contributed by atoms with van der Waals surface area (Å²) in [5.41, 5.74) is 1.03. The Morgan fingerprint density at radius 2 is 2.12 bits per heavy atom. The maximum Gasteiger partial charge on any atom is 0.470 e. The molecule has 0 unspecified atom stereocenters. The molecule has 0 saturated heterocycles. The molecule has 0 aromatic carbocycles. The normalized spacial score (nSPS) is 17.0. The van der Waals surface area contributed by atoms with Crippen LogP contribution in [0.25, 0.3) is 0 Å². The van der Waals surface area contributed by atoms with Gasteiger partial charge in [0, 0.05) is 12.7 Å². The van der Waals surface area contributed by atoms with E-state index in [1.807, 2.05) is 12.2 Å². The number of aromatic nitrogens is 3.